The third-order valence-electron chi connectivity index (χ3n) is 4.86. The fourth-order valence-corrected chi connectivity index (χ4v) is 4.01. The molecule has 1 saturated heterocycles. The standard InChI is InChI=1S/C19H35N5S.HI/c1-15(2)17-23-16(13-25-17)9-10-21-18(20-5)22-14-19(3,4)24-11-7-6-8-12-24;/h13,15H,6-12,14H2,1-5H3,(H2,20,21,22);1H. The summed E-state index contributed by atoms with van der Waals surface area (Å²) in [4.78, 5) is 11.6. The van der Waals surface area contributed by atoms with Crippen LogP contribution in [-0.2, 0) is 6.42 Å². The highest BCUT2D eigenvalue weighted by Gasteiger charge is 2.27. The van der Waals surface area contributed by atoms with Gasteiger partial charge in [-0.25, -0.2) is 4.98 Å². The molecule has 1 aromatic rings. The second kappa shape index (κ2) is 11.4. The molecular weight excluding hydrogens is 457 g/mol. The highest BCUT2D eigenvalue weighted by atomic mass is 127. The van der Waals surface area contributed by atoms with E-state index in [1.807, 2.05) is 7.05 Å². The summed E-state index contributed by atoms with van der Waals surface area (Å²) in [5.41, 5.74) is 1.32. The third kappa shape index (κ3) is 7.31. The van der Waals surface area contributed by atoms with Crippen LogP contribution in [0, 0.1) is 0 Å². The molecule has 1 aromatic heterocycles. The maximum Gasteiger partial charge on any atom is 0.191 e. The predicted octanol–water partition coefficient (Wildman–Crippen LogP) is 3.86. The van der Waals surface area contributed by atoms with Crippen LogP contribution in [0.3, 0.4) is 0 Å². The van der Waals surface area contributed by atoms with Gasteiger partial charge >= 0.3 is 0 Å². The molecule has 2 N–H and O–H groups in total. The molecule has 0 aliphatic carbocycles. The first-order valence-electron chi connectivity index (χ1n) is 9.56. The molecule has 2 rings (SSSR count). The van der Waals surface area contributed by atoms with Crippen LogP contribution < -0.4 is 10.6 Å². The van der Waals surface area contributed by atoms with Gasteiger partial charge in [0.2, 0.25) is 0 Å². The summed E-state index contributed by atoms with van der Waals surface area (Å²) in [5.74, 6) is 1.39. The van der Waals surface area contributed by atoms with Gasteiger partial charge in [-0.05, 0) is 39.8 Å². The van der Waals surface area contributed by atoms with Crippen LogP contribution in [0.5, 0.6) is 0 Å². The van der Waals surface area contributed by atoms with Gasteiger partial charge in [-0.1, -0.05) is 20.3 Å². The first-order chi connectivity index (χ1) is 11.9. The molecule has 0 radical (unpaired) electrons. The van der Waals surface area contributed by atoms with E-state index in [4.69, 9.17) is 4.98 Å². The number of piperidine rings is 1. The lowest BCUT2D eigenvalue weighted by Gasteiger charge is -2.41. The minimum Gasteiger partial charge on any atom is -0.356 e. The van der Waals surface area contributed by atoms with Gasteiger partial charge in [0.25, 0.3) is 0 Å². The summed E-state index contributed by atoms with van der Waals surface area (Å²) in [7, 11) is 1.84. The number of guanidine groups is 1. The molecule has 7 heteroatoms. The Morgan fingerprint density at radius 2 is 1.96 bits per heavy atom. The highest BCUT2D eigenvalue weighted by Crippen LogP contribution is 2.20. The SMILES string of the molecule is CN=C(NCCc1csc(C(C)C)n1)NCC(C)(C)N1CCCCC1.I. The average molecular weight is 494 g/mol. The second-order valence-corrected chi connectivity index (χ2v) is 8.68. The maximum atomic E-state index is 4.69. The summed E-state index contributed by atoms with van der Waals surface area (Å²) < 4.78 is 0. The molecule has 0 amide bonds. The molecule has 150 valence electrons. The van der Waals surface area contributed by atoms with Gasteiger partial charge in [0.05, 0.1) is 10.7 Å². The molecule has 1 aliphatic rings. The number of likely N-dealkylation sites (tertiary alicyclic amines) is 1. The monoisotopic (exact) mass is 493 g/mol. The van der Waals surface area contributed by atoms with Gasteiger partial charge < -0.3 is 10.6 Å². The fourth-order valence-electron chi connectivity index (χ4n) is 3.14. The van der Waals surface area contributed by atoms with Crippen LogP contribution >= 0.6 is 35.3 Å². The van der Waals surface area contributed by atoms with E-state index in [9.17, 15) is 0 Å². The topological polar surface area (TPSA) is 52.6 Å². The Balaban J connectivity index is 0.00000338. The zero-order valence-electron chi connectivity index (χ0n) is 17.0. The number of aliphatic imine (C=N–C) groups is 1. The zero-order chi connectivity index (χ0) is 18.3. The van der Waals surface area contributed by atoms with Crippen molar-refractivity contribution in [2.24, 2.45) is 4.99 Å². The highest BCUT2D eigenvalue weighted by molar-refractivity contribution is 14.0. The average Bonchev–Trinajstić information content (AvgIpc) is 3.08. The van der Waals surface area contributed by atoms with Crippen molar-refractivity contribution in [2.45, 2.75) is 64.8 Å². The minimum absolute atomic E-state index is 0. The molecule has 0 saturated carbocycles. The van der Waals surface area contributed by atoms with Crippen molar-refractivity contribution in [3.05, 3.63) is 16.1 Å². The Kier molecular flexibility index (Phi) is 10.4. The smallest absolute Gasteiger partial charge is 0.191 e. The summed E-state index contributed by atoms with van der Waals surface area (Å²) >= 11 is 1.76. The van der Waals surface area contributed by atoms with E-state index in [-0.39, 0.29) is 29.5 Å². The van der Waals surface area contributed by atoms with E-state index in [2.05, 4.69) is 53.6 Å². The Labute approximate surface area is 180 Å². The first-order valence-corrected chi connectivity index (χ1v) is 10.4. The lowest BCUT2D eigenvalue weighted by atomic mass is 9.98. The van der Waals surface area contributed by atoms with E-state index < -0.39 is 0 Å². The van der Waals surface area contributed by atoms with Crippen molar-refractivity contribution in [3.63, 3.8) is 0 Å². The van der Waals surface area contributed by atoms with Crippen molar-refractivity contribution in [1.82, 2.24) is 20.5 Å². The van der Waals surface area contributed by atoms with E-state index in [1.165, 1.54) is 43.1 Å². The zero-order valence-corrected chi connectivity index (χ0v) is 20.1. The van der Waals surface area contributed by atoms with Gasteiger partial charge in [-0.15, -0.1) is 35.3 Å². The molecule has 1 fully saturated rings. The second-order valence-electron chi connectivity index (χ2n) is 7.79. The molecule has 1 aliphatic heterocycles. The number of rotatable bonds is 7. The molecule has 0 aromatic carbocycles. The van der Waals surface area contributed by atoms with E-state index in [0.29, 0.717) is 5.92 Å². The van der Waals surface area contributed by atoms with Crippen molar-refractivity contribution in [1.29, 1.82) is 0 Å². The van der Waals surface area contributed by atoms with Crippen LogP contribution in [0.15, 0.2) is 10.4 Å². The van der Waals surface area contributed by atoms with Crippen molar-refractivity contribution < 1.29 is 0 Å². The van der Waals surface area contributed by atoms with Gasteiger partial charge in [-0.2, -0.15) is 0 Å². The van der Waals surface area contributed by atoms with Crippen molar-refractivity contribution in [2.75, 3.05) is 33.2 Å². The Morgan fingerprint density at radius 1 is 1.27 bits per heavy atom. The summed E-state index contributed by atoms with van der Waals surface area (Å²) in [6.45, 7) is 13.2. The normalized spacial score (nSPS) is 16.5. The van der Waals surface area contributed by atoms with Crippen molar-refractivity contribution in [3.8, 4) is 0 Å². The van der Waals surface area contributed by atoms with E-state index >= 15 is 0 Å². The largest absolute Gasteiger partial charge is 0.356 e. The molecule has 26 heavy (non-hydrogen) atoms. The molecule has 5 nitrogen and oxygen atoms in total. The van der Waals surface area contributed by atoms with Crippen LogP contribution in [0.25, 0.3) is 0 Å². The minimum atomic E-state index is 0. The lowest BCUT2D eigenvalue weighted by molar-refractivity contribution is 0.0982. The van der Waals surface area contributed by atoms with Crippen molar-refractivity contribution >= 4 is 41.3 Å². The molecule has 0 unspecified atom stereocenters. The third-order valence-corrected chi connectivity index (χ3v) is 6.06. The number of nitrogens with zero attached hydrogens (tertiary/aromatic N) is 3. The maximum absolute atomic E-state index is 4.69. The van der Waals surface area contributed by atoms with Crippen LogP contribution in [0.4, 0.5) is 0 Å². The quantitative estimate of drug-likeness (QED) is 0.344. The van der Waals surface area contributed by atoms with Crippen LogP contribution in [0.1, 0.15) is 63.6 Å². The van der Waals surface area contributed by atoms with E-state index in [0.717, 1.165) is 25.5 Å². The Bertz CT molecular complexity index is 550. The molecule has 0 spiro atoms. The van der Waals surface area contributed by atoms with Crippen LogP contribution in [-0.4, -0.2) is 54.6 Å². The molecule has 0 atom stereocenters. The summed E-state index contributed by atoms with van der Waals surface area (Å²) in [5, 5.41) is 10.3. The first kappa shape index (κ1) is 23.6. The predicted molar refractivity (Wildman–Crippen MR) is 124 cm³/mol. The fraction of sp³-hybridized carbons (Fsp3) is 0.789. The molecule has 0 bridgehead atoms. The number of hydrogen-bond acceptors (Lipinski definition) is 4. The number of nitrogens with one attached hydrogen (secondary N) is 2. The lowest BCUT2D eigenvalue weighted by Crippen LogP contribution is -2.55. The van der Waals surface area contributed by atoms with Gasteiger partial charge in [0.1, 0.15) is 0 Å². The summed E-state index contributed by atoms with van der Waals surface area (Å²) in [6, 6.07) is 0. The van der Waals surface area contributed by atoms with E-state index in [1.54, 1.807) is 11.3 Å². The molecular formula is C19H36IN5S. The van der Waals surface area contributed by atoms with Crippen LogP contribution in [0.2, 0.25) is 0 Å². The van der Waals surface area contributed by atoms with Gasteiger partial charge in [0.15, 0.2) is 5.96 Å². The number of thiazole rings is 1. The van der Waals surface area contributed by atoms with Gasteiger partial charge in [0, 0.05) is 43.4 Å². The number of halogens is 1. The summed E-state index contributed by atoms with van der Waals surface area (Å²) in [6.07, 6.45) is 4.95. The van der Waals surface area contributed by atoms with Gasteiger partial charge in [-0.3, -0.25) is 9.89 Å². The Morgan fingerprint density at radius 3 is 2.54 bits per heavy atom. The number of aromatic nitrogens is 1. The number of hydrogen-bond donors (Lipinski definition) is 2. The molecule has 2 heterocycles. The Hall–Kier alpha value is -0.410.